The van der Waals surface area contributed by atoms with E-state index in [4.69, 9.17) is 10.9 Å². The van der Waals surface area contributed by atoms with Crippen molar-refractivity contribution in [2.75, 3.05) is 11.9 Å². The molecule has 0 unspecified atom stereocenters. The Morgan fingerprint density at radius 3 is 2.42 bits per heavy atom. The van der Waals surface area contributed by atoms with E-state index < -0.39 is 0 Å². The number of nitrogens with two attached hydrogens (primary N) is 1. The highest BCUT2D eigenvalue weighted by Crippen LogP contribution is 2.28. The van der Waals surface area contributed by atoms with E-state index in [0.29, 0.717) is 5.56 Å². The number of hydrogen-bond acceptors (Lipinski definition) is 3. The third kappa shape index (κ3) is 2.86. The van der Waals surface area contributed by atoms with E-state index in [0.717, 1.165) is 31.4 Å². The number of oxime groups is 1. The van der Waals surface area contributed by atoms with Crippen LogP contribution >= 0.6 is 0 Å². The van der Waals surface area contributed by atoms with Gasteiger partial charge in [0.1, 0.15) is 0 Å². The van der Waals surface area contributed by atoms with Crippen molar-refractivity contribution in [3.63, 3.8) is 0 Å². The van der Waals surface area contributed by atoms with Gasteiger partial charge in [0.2, 0.25) is 5.91 Å². The van der Waals surface area contributed by atoms with Crippen LogP contribution in [0.4, 0.5) is 5.69 Å². The normalized spacial score (nSPS) is 16.6. The van der Waals surface area contributed by atoms with Gasteiger partial charge in [-0.3, -0.25) is 4.79 Å². The summed E-state index contributed by atoms with van der Waals surface area (Å²) in [5, 5.41) is 11.5. The number of nitrogens with zero attached hydrogens (tertiary/aromatic N) is 2. The Bertz CT molecular complexity index is 476. The minimum absolute atomic E-state index is 0.0660. The fourth-order valence-corrected chi connectivity index (χ4v) is 2.49. The van der Waals surface area contributed by atoms with E-state index in [1.54, 1.807) is 36.2 Å². The van der Waals surface area contributed by atoms with Gasteiger partial charge in [-0.1, -0.05) is 18.0 Å². The van der Waals surface area contributed by atoms with Crippen LogP contribution in [0.15, 0.2) is 29.4 Å². The summed E-state index contributed by atoms with van der Waals surface area (Å²) in [5.74, 6) is 0.402. The summed E-state index contributed by atoms with van der Waals surface area (Å²) in [4.78, 5) is 13.9. The largest absolute Gasteiger partial charge is 0.409 e. The zero-order valence-corrected chi connectivity index (χ0v) is 11.0. The molecule has 0 spiro atoms. The molecule has 1 aliphatic carbocycles. The third-order valence-corrected chi connectivity index (χ3v) is 3.69. The number of anilines is 1. The molecule has 1 amide bonds. The summed E-state index contributed by atoms with van der Waals surface area (Å²) in [6, 6.07) is 7.09. The SMILES string of the molecule is CN(C(=O)C1CCCC1)c1ccc(/C(N)=N/O)cc1. The fraction of sp³-hybridized carbons (Fsp3) is 0.429. The van der Waals surface area contributed by atoms with Gasteiger partial charge in [-0.25, -0.2) is 0 Å². The summed E-state index contributed by atoms with van der Waals surface area (Å²) >= 11 is 0. The fourth-order valence-electron chi connectivity index (χ4n) is 2.49. The monoisotopic (exact) mass is 261 g/mol. The molecule has 102 valence electrons. The molecule has 1 aromatic rings. The molecule has 5 heteroatoms. The highest BCUT2D eigenvalue weighted by molar-refractivity contribution is 5.98. The maximum atomic E-state index is 12.3. The highest BCUT2D eigenvalue weighted by Gasteiger charge is 2.25. The Kier molecular flexibility index (Phi) is 4.04. The van der Waals surface area contributed by atoms with Crippen LogP contribution in [0, 0.1) is 5.92 Å². The molecule has 0 saturated heterocycles. The number of amides is 1. The molecule has 0 aromatic heterocycles. The molecule has 2 rings (SSSR count). The molecule has 0 heterocycles. The molecule has 3 N–H and O–H groups in total. The number of carbonyl (C=O) groups excluding carboxylic acids is 1. The number of carbonyl (C=O) groups is 1. The van der Waals surface area contributed by atoms with Gasteiger partial charge in [0.25, 0.3) is 0 Å². The maximum absolute atomic E-state index is 12.3. The molecule has 0 aliphatic heterocycles. The molecule has 1 aliphatic rings. The van der Waals surface area contributed by atoms with Crippen molar-refractivity contribution in [1.82, 2.24) is 0 Å². The third-order valence-electron chi connectivity index (χ3n) is 3.69. The highest BCUT2D eigenvalue weighted by atomic mass is 16.4. The van der Waals surface area contributed by atoms with Gasteiger partial charge in [0, 0.05) is 24.2 Å². The lowest BCUT2D eigenvalue weighted by atomic mass is 10.1. The van der Waals surface area contributed by atoms with Crippen LogP contribution < -0.4 is 10.6 Å². The van der Waals surface area contributed by atoms with Crippen molar-refractivity contribution in [3.05, 3.63) is 29.8 Å². The van der Waals surface area contributed by atoms with E-state index in [2.05, 4.69) is 5.16 Å². The van der Waals surface area contributed by atoms with Crippen LogP contribution in [-0.2, 0) is 4.79 Å². The van der Waals surface area contributed by atoms with E-state index in [1.165, 1.54) is 0 Å². The number of benzene rings is 1. The quantitative estimate of drug-likeness (QED) is 0.377. The second kappa shape index (κ2) is 5.73. The Hall–Kier alpha value is -2.04. The van der Waals surface area contributed by atoms with E-state index >= 15 is 0 Å². The summed E-state index contributed by atoms with van der Waals surface area (Å²) < 4.78 is 0. The first kappa shape index (κ1) is 13.4. The lowest BCUT2D eigenvalue weighted by Crippen LogP contribution is -2.31. The smallest absolute Gasteiger partial charge is 0.229 e. The van der Waals surface area contributed by atoms with Gasteiger partial charge in [-0.2, -0.15) is 0 Å². The van der Waals surface area contributed by atoms with Gasteiger partial charge in [-0.05, 0) is 37.1 Å². The van der Waals surface area contributed by atoms with Crippen molar-refractivity contribution in [1.29, 1.82) is 0 Å². The Morgan fingerprint density at radius 2 is 1.89 bits per heavy atom. The maximum Gasteiger partial charge on any atom is 0.229 e. The van der Waals surface area contributed by atoms with Crippen molar-refractivity contribution in [3.8, 4) is 0 Å². The zero-order chi connectivity index (χ0) is 13.8. The predicted molar refractivity (Wildman–Crippen MR) is 74.3 cm³/mol. The molecule has 1 fully saturated rings. The van der Waals surface area contributed by atoms with Crippen LogP contribution in [0.1, 0.15) is 31.2 Å². The van der Waals surface area contributed by atoms with Crippen LogP contribution in [0.3, 0.4) is 0 Å². The molecule has 0 radical (unpaired) electrons. The minimum Gasteiger partial charge on any atom is -0.409 e. The van der Waals surface area contributed by atoms with Gasteiger partial charge in [-0.15, -0.1) is 0 Å². The molecule has 0 atom stereocenters. The summed E-state index contributed by atoms with van der Waals surface area (Å²) in [5.41, 5.74) is 6.96. The molecule has 19 heavy (non-hydrogen) atoms. The molecule has 1 aromatic carbocycles. The lowest BCUT2D eigenvalue weighted by Gasteiger charge is -2.21. The van der Waals surface area contributed by atoms with E-state index in [9.17, 15) is 4.79 Å². The first-order valence-corrected chi connectivity index (χ1v) is 6.49. The van der Waals surface area contributed by atoms with Crippen molar-refractivity contribution in [2.45, 2.75) is 25.7 Å². The number of amidine groups is 1. The van der Waals surface area contributed by atoms with Crippen LogP contribution in [0.5, 0.6) is 0 Å². The Balaban J connectivity index is 2.10. The van der Waals surface area contributed by atoms with Gasteiger partial charge >= 0.3 is 0 Å². The lowest BCUT2D eigenvalue weighted by molar-refractivity contribution is -0.121. The van der Waals surface area contributed by atoms with E-state index in [1.807, 2.05) is 0 Å². The standard InChI is InChI=1S/C14H19N3O2/c1-17(14(18)11-4-2-3-5-11)12-8-6-10(7-9-12)13(15)16-19/h6-9,11,19H,2-5H2,1H3,(H2,15,16). The zero-order valence-electron chi connectivity index (χ0n) is 11.0. The topological polar surface area (TPSA) is 78.9 Å². The second-order valence-electron chi connectivity index (χ2n) is 4.91. The minimum atomic E-state index is 0.0660. The van der Waals surface area contributed by atoms with Gasteiger partial charge < -0.3 is 15.8 Å². The molecular formula is C14H19N3O2. The number of hydrogen-bond donors (Lipinski definition) is 2. The Morgan fingerprint density at radius 1 is 1.32 bits per heavy atom. The summed E-state index contributed by atoms with van der Waals surface area (Å²) in [6.07, 6.45) is 4.27. The van der Waals surface area contributed by atoms with Crippen molar-refractivity contribution in [2.24, 2.45) is 16.8 Å². The molecular weight excluding hydrogens is 242 g/mol. The van der Waals surface area contributed by atoms with Crippen molar-refractivity contribution < 1.29 is 10.0 Å². The predicted octanol–water partition coefficient (Wildman–Crippen LogP) is 1.93. The van der Waals surface area contributed by atoms with Crippen LogP contribution in [0.25, 0.3) is 0 Å². The van der Waals surface area contributed by atoms with Crippen LogP contribution in [0.2, 0.25) is 0 Å². The number of rotatable bonds is 3. The van der Waals surface area contributed by atoms with Crippen molar-refractivity contribution >= 4 is 17.4 Å². The second-order valence-corrected chi connectivity index (χ2v) is 4.91. The molecule has 0 bridgehead atoms. The average molecular weight is 261 g/mol. The van der Waals surface area contributed by atoms with E-state index in [-0.39, 0.29) is 17.7 Å². The molecule has 5 nitrogen and oxygen atoms in total. The first-order chi connectivity index (χ1) is 9.13. The molecule has 1 saturated carbocycles. The van der Waals surface area contributed by atoms with Crippen LogP contribution in [-0.4, -0.2) is 24.0 Å². The average Bonchev–Trinajstić information content (AvgIpc) is 2.99. The summed E-state index contributed by atoms with van der Waals surface area (Å²) in [7, 11) is 1.79. The van der Waals surface area contributed by atoms with Gasteiger partial charge in [0.05, 0.1) is 0 Å². The Labute approximate surface area is 112 Å². The van der Waals surface area contributed by atoms with Gasteiger partial charge in [0.15, 0.2) is 5.84 Å². The summed E-state index contributed by atoms with van der Waals surface area (Å²) in [6.45, 7) is 0. The first-order valence-electron chi connectivity index (χ1n) is 6.49.